The number of furan rings is 1. The molecule has 1 heterocycles. The van der Waals surface area contributed by atoms with E-state index in [1.807, 2.05) is 36.4 Å². The van der Waals surface area contributed by atoms with Crippen LogP contribution in [0, 0.1) is 0 Å². The van der Waals surface area contributed by atoms with E-state index >= 15 is 0 Å². The maximum Gasteiger partial charge on any atom is 0.303 e. The van der Waals surface area contributed by atoms with Gasteiger partial charge in [0, 0.05) is 12.5 Å². The molecule has 3 nitrogen and oxygen atoms in total. The number of unbranched alkanes of at least 4 members (excludes halogenated alkanes) is 9. The number of benzene rings is 1. The van der Waals surface area contributed by atoms with Crippen LogP contribution in [0.5, 0.6) is 0 Å². The maximum absolute atomic E-state index is 11.5. The number of rotatable bonds is 14. The SMILES string of the molecule is CCCCCCCCCCCCC(OC(C)=O)c1coc([Si](C)(C)C)c1.c1ccccc1. The molecule has 1 aromatic heterocycles. The van der Waals surface area contributed by atoms with Gasteiger partial charge in [-0.05, 0) is 18.9 Å². The Morgan fingerprint density at radius 1 is 0.844 bits per heavy atom. The zero-order chi connectivity index (χ0) is 23.7. The molecular weight excluding hydrogens is 412 g/mol. The van der Waals surface area contributed by atoms with Crippen LogP contribution >= 0.6 is 0 Å². The molecule has 1 atom stereocenters. The van der Waals surface area contributed by atoms with Crippen LogP contribution in [0.3, 0.4) is 0 Å². The summed E-state index contributed by atoms with van der Waals surface area (Å²) >= 11 is 0. The van der Waals surface area contributed by atoms with Crippen LogP contribution in [0.1, 0.15) is 96.1 Å². The molecular formula is C28H46O3Si. The Labute approximate surface area is 198 Å². The molecule has 0 fully saturated rings. The van der Waals surface area contributed by atoms with Crippen molar-refractivity contribution < 1.29 is 13.9 Å². The van der Waals surface area contributed by atoms with Gasteiger partial charge in [-0.15, -0.1) is 0 Å². The third-order valence-electron chi connectivity index (χ3n) is 5.53. The summed E-state index contributed by atoms with van der Waals surface area (Å²) in [6.45, 7) is 10.5. The molecule has 0 amide bonds. The minimum absolute atomic E-state index is 0.157. The molecule has 1 aromatic carbocycles. The summed E-state index contributed by atoms with van der Waals surface area (Å²) < 4.78 is 11.3. The van der Waals surface area contributed by atoms with Crippen LogP contribution in [0.2, 0.25) is 19.6 Å². The van der Waals surface area contributed by atoms with Crippen molar-refractivity contribution in [3.8, 4) is 0 Å². The van der Waals surface area contributed by atoms with Gasteiger partial charge in [-0.3, -0.25) is 4.79 Å². The largest absolute Gasteiger partial charge is 0.474 e. The van der Waals surface area contributed by atoms with Gasteiger partial charge in [0.05, 0.1) is 11.6 Å². The highest BCUT2D eigenvalue weighted by atomic mass is 28.3. The molecule has 1 unspecified atom stereocenters. The van der Waals surface area contributed by atoms with Crippen LogP contribution in [0.4, 0.5) is 0 Å². The molecule has 2 rings (SSSR count). The van der Waals surface area contributed by atoms with E-state index in [0.29, 0.717) is 0 Å². The number of esters is 1. The van der Waals surface area contributed by atoms with E-state index in [2.05, 4.69) is 32.6 Å². The zero-order valence-electron chi connectivity index (χ0n) is 21.2. The molecule has 0 saturated carbocycles. The summed E-state index contributed by atoms with van der Waals surface area (Å²) in [6.07, 6.45) is 15.7. The van der Waals surface area contributed by atoms with Gasteiger partial charge < -0.3 is 9.15 Å². The first-order valence-electron chi connectivity index (χ1n) is 12.6. The molecule has 0 bridgehead atoms. The van der Waals surface area contributed by atoms with E-state index in [9.17, 15) is 4.79 Å². The minimum Gasteiger partial charge on any atom is -0.474 e. The van der Waals surface area contributed by atoms with Crippen LogP contribution in [0.25, 0.3) is 0 Å². The lowest BCUT2D eigenvalue weighted by molar-refractivity contribution is -0.147. The van der Waals surface area contributed by atoms with Crippen molar-refractivity contribution in [2.45, 2.75) is 110 Å². The van der Waals surface area contributed by atoms with Crippen LogP contribution in [0.15, 0.2) is 53.1 Å². The van der Waals surface area contributed by atoms with E-state index < -0.39 is 8.07 Å². The van der Waals surface area contributed by atoms with Gasteiger partial charge in [0.25, 0.3) is 0 Å². The van der Waals surface area contributed by atoms with Crippen molar-refractivity contribution in [3.63, 3.8) is 0 Å². The average molecular weight is 459 g/mol. The number of carbonyl (C=O) groups is 1. The molecule has 0 radical (unpaired) electrons. The highest BCUT2D eigenvalue weighted by molar-refractivity contribution is 6.87. The second-order valence-electron chi connectivity index (χ2n) is 9.72. The van der Waals surface area contributed by atoms with E-state index in [4.69, 9.17) is 9.15 Å². The second-order valence-corrected chi connectivity index (χ2v) is 14.7. The monoisotopic (exact) mass is 458 g/mol. The van der Waals surface area contributed by atoms with Gasteiger partial charge in [0.15, 0.2) is 0 Å². The molecule has 0 aliphatic heterocycles. The zero-order valence-corrected chi connectivity index (χ0v) is 22.2. The standard InChI is InChI=1S/C22H40O3Si.C6H6/c1-6-7-8-9-10-11-12-13-14-15-16-21(25-19(2)23)20-17-22(24-18-20)26(3,4)5;1-2-4-6-5-3-1/h17-18,21H,6-16H2,1-5H3;1-6H. The van der Waals surface area contributed by atoms with Crippen LogP contribution in [-0.4, -0.2) is 14.0 Å². The van der Waals surface area contributed by atoms with E-state index in [1.54, 1.807) is 6.26 Å². The highest BCUT2D eigenvalue weighted by Gasteiger charge is 2.24. The average Bonchev–Trinajstić information content (AvgIpc) is 3.26. The normalized spacial score (nSPS) is 12.0. The predicted octanol–water partition coefficient (Wildman–Crippen LogP) is 8.43. The first-order chi connectivity index (χ1) is 15.3. The summed E-state index contributed by atoms with van der Waals surface area (Å²) in [5.41, 5.74) is 1.02. The third-order valence-corrected chi connectivity index (χ3v) is 7.27. The highest BCUT2D eigenvalue weighted by Crippen LogP contribution is 2.25. The van der Waals surface area contributed by atoms with Crippen molar-refractivity contribution in [2.24, 2.45) is 0 Å². The summed E-state index contributed by atoms with van der Waals surface area (Å²) in [7, 11) is -1.47. The van der Waals surface area contributed by atoms with Gasteiger partial charge >= 0.3 is 5.97 Å². The number of carbonyl (C=O) groups excluding carboxylic acids is 1. The Balaban J connectivity index is 0.000000730. The number of hydrogen-bond donors (Lipinski definition) is 0. The van der Waals surface area contributed by atoms with Crippen molar-refractivity contribution in [3.05, 3.63) is 54.3 Å². The summed E-state index contributed by atoms with van der Waals surface area (Å²) in [4.78, 5) is 11.5. The van der Waals surface area contributed by atoms with Gasteiger partial charge in [0.2, 0.25) is 0 Å². The molecule has 32 heavy (non-hydrogen) atoms. The van der Waals surface area contributed by atoms with Crippen LogP contribution < -0.4 is 5.38 Å². The van der Waals surface area contributed by atoms with Gasteiger partial charge in [-0.2, -0.15) is 0 Å². The summed E-state index contributed by atoms with van der Waals surface area (Å²) in [5.74, 6) is -0.210. The Morgan fingerprint density at radius 2 is 1.31 bits per heavy atom. The first kappa shape index (κ1) is 28.2. The lowest BCUT2D eigenvalue weighted by Crippen LogP contribution is -2.36. The molecule has 0 aliphatic carbocycles. The van der Waals surface area contributed by atoms with Gasteiger partial charge in [0.1, 0.15) is 14.2 Å². The molecule has 0 aliphatic rings. The van der Waals surface area contributed by atoms with E-state index in [0.717, 1.165) is 23.8 Å². The van der Waals surface area contributed by atoms with Gasteiger partial charge in [-0.1, -0.05) is 121 Å². The molecule has 4 heteroatoms. The topological polar surface area (TPSA) is 39.4 Å². The smallest absolute Gasteiger partial charge is 0.303 e. The maximum atomic E-state index is 11.5. The van der Waals surface area contributed by atoms with Crippen molar-refractivity contribution in [1.29, 1.82) is 0 Å². The van der Waals surface area contributed by atoms with Crippen molar-refractivity contribution in [2.75, 3.05) is 0 Å². The second kappa shape index (κ2) is 16.8. The summed E-state index contributed by atoms with van der Waals surface area (Å²) in [6, 6.07) is 14.1. The van der Waals surface area contributed by atoms with E-state index in [1.165, 1.54) is 64.7 Å². The summed E-state index contributed by atoms with van der Waals surface area (Å²) in [5, 5.41) is 1.08. The van der Waals surface area contributed by atoms with Gasteiger partial charge in [-0.25, -0.2) is 0 Å². The van der Waals surface area contributed by atoms with E-state index in [-0.39, 0.29) is 12.1 Å². The first-order valence-corrected chi connectivity index (χ1v) is 16.1. The lowest BCUT2D eigenvalue weighted by Gasteiger charge is -2.15. The molecule has 180 valence electrons. The fourth-order valence-electron chi connectivity index (χ4n) is 3.61. The fourth-order valence-corrected chi connectivity index (χ4v) is 4.62. The minimum atomic E-state index is -1.47. The molecule has 2 aromatic rings. The third kappa shape index (κ3) is 13.6. The van der Waals surface area contributed by atoms with Crippen molar-refractivity contribution >= 4 is 19.4 Å². The lowest BCUT2D eigenvalue weighted by atomic mass is 10.0. The number of ether oxygens (including phenoxy) is 1. The predicted molar refractivity (Wildman–Crippen MR) is 139 cm³/mol. The Morgan fingerprint density at radius 3 is 1.72 bits per heavy atom. The quantitative estimate of drug-likeness (QED) is 0.162. The molecule has 0 N–H and O–H groups in total. The molecule has 0 spiro atoms. The van der Waals surface area contributed by atoms with Crippen LogP contribution in [-0.2, 0) is 9.53 Å². The number of hydrogen-bond acceptors (Lipinski definition) is 3. The Hall–Kier alpha value is -1.81. The Bertz CT molecular complexity index is 676. The Kier molecular flexibility index (Phi) is 14.8. The fraction of sp³-hybridized carbons (Fsp3) is 0.607. The molecule has 0 saturated heterocycles. The van der Waals surface area contributed by atoms with Crippen molar-refractivity contribution in [1.82, 2.24) is 0 Å².